The molecule has 1 aromatic heterocycles. The highest BCUT2D eigenvalue weighted by molar-refractivity contribution is 9.10. The first-order valence-electron chi connectivity index (χ1n) is 6.30. The first-order valence-corrected chi connectivity index (χ1v) is 7.09. The van der Waals surface area contributed by atoms with E-state index in [1.54, 1.807) is 6.08 Å². The molecule has 102 valence electrons. The molecule has 2 rings (SSSR count). The van der Waals surface area contributed by atoms with E-state index in [4.69, 9.17) is 0 Å². The summed E-state index contributed by atoms with van der Waals surface area (Å²) in [5.74, 6) is 0.990. The first kappa shape index (κ1) is 14.1. The van der Waals surface area contributed by atoms with Crippen molar-refractivity contribution in [2.24, 2.45) is 0 Å². The quantitative estimate of drug-likeness (QED) is 0.798. The van der Waals surface area contributed by atoms with Gasteiger partial charge >= 0.3 is 0 Å². The Bertz CT molecular complexity index is 503. The van der Waals surface area contributed by atoms with E-state index in [0.717, 1.165) is 29.0 Å². The average Bonchev–Trinajstić information content (AvgIpc) is 2.74. The number of carbonyl (C=O) groups excluding carboxylic acids is 1. The highest BCUT2D eigenvalue weighted by Crippen LogP contribution is 2.23. The predicted octanol–water partition coefficient (Wildman–Crippen LogP) is 2.38. The summed E-state index contributed by atoms with van der Waals surface area (Å²) in [6, 6.07) is 3.78. The summed E-state index contributed by atoms with van der Waals surface area (Å²) in [4.78, 5) is 20.6. The molecule has 0 N–H and O–H groups in total. The van der Waals surface area contributed by atoms with Crippen LogP contribution >= 0.6 is 15.9 Å². The predicted molar refractivity (Wildman–Crippen MR) is 80.3 cm³/mol. The Hall–Kier alpha value is -1.36. The fraction of sp³-hybridized carbons (Fsp3) is 0.429. The molecule has 0 saturated carbocycles. The van der Waals surface area contributed by atoms with Crippen molar-refractivity contribution in [1.82, 2.24) is 9.88 Å². The maximum absolute atomic E-state index is 12.3. The van der Waals surface area contributed by atoms with Crippen molar-refractivity contribution in [3.63, 3.8) is 0 Å². The van der Waals surface area contributed by atoms with E-state index in [-0.39, 0.29) is 11.9 Å². The van der Waals surface area contributed by atoms with Crippen LogP contribution in [0.2, 0.25) is 0 Å². The van der Waals surface area contributed by atoms with Gasteiger partial charge in [-0.05, 0) is 41.4 Å². The van der Waals surface area contributed by atoms with Crippen LogP contribution in [-0.4, -0.2) is 42.0 Å². The number of anilines is 1. The van der Waals surface area contributed by atoms with Crippen LogP contribution in [0.5, 0.6) is 0 Å². The molecule has 1 aliphatic heterocycles. The van der Waals surface area contributed by atoms with Crippen molar-refractivity contribution >= 4 is 27.7 Å². The smallest absolute Gasteiger partial charge is 0.245 e. The number of aromatic nitrogens is 1. The fourth-order valence-electron chi connectivity index (χ4n) is 2.31. The lowest BCUT2D eigenvalue weighted by Gasteiger charge is -2.25. The van der Waals surface area contributed by atoms with Gasteiger partial charge in [0.05, 0.1) is 5.69 Å². The summed E-state index contributed by atoms with van der Waals surface area (Å²) in [6.45, 7) is 7.04. The zero-order valence-corrected chi connectivity index (χ0v) is 12.9. The number of hydrogen-bond donors (Lipinski definition) is 0. The highest BCUT2D eigenvalue weighted by atomic mass is 79.9. The maximum atomic E-state index is 12.3. The van der Waals surface area contributed by atoms with Crippen molar-refractivity contribution in [2.45, 2.75) is 19.4 Å². The molecule has 1 aromatic rings. The molecule has 1 aliphatic rings. The standard InChI is InChI=1S/C14H18BrN3O/c1-4-8-18-9-7-12(14(18)19)17(3)13-6-5-11(15)10(2)16-13/h4-6,12H,1,7-9H2,2-3H3. The Morgan fingerprint density at radius 3 is 3.00 bits per heavy atom. The van der Waals surface area contributed by atoms with E-state index in [1.165, 1.54) is 0 Å². The van der Waals surface area contributed by atoms with E-state index in [0.29, 0.717) is 6.54 Å². The normalized spacial score (nSPS) is 18.8. The zero-order valence-electron chi connectivity index (χ0n) is 11.3. The molecule has 1 unspecified atom stereocenters. The van der Waals surface area contributed by atoms with Gasteiger partial charge in [0.1, 0.15) is 11.9 Å². The zero-order chi connectivity index (χ0) is 14.0. The molecule has 5 heteroatoms. The summed E-state index contributed by atoms with van der Waals surface area (Å²) in [6.07, 6.45) is 2.60. The number of carbonyl (C=O) groups is 1. The molecule has 1 fully saturated rings. The minimum Gasteiger partial charge on any atom is -0.348 e. The van der Waals surface area contributed by atoms with Crippen LogP contribution < -0.4 is 4.90 Å². The second-order valence-corrected chi connectivity index (χ2v) is 5.58. The number of aryl methyl sites for hydroxylation is 1. The minimum atomic E-state index is -0.118. The molecule has 2 heterocycles. The van der Waals surface area contributed by atoms with Crippen LogP contribution in [0.25, 0.3) is 0 Å². The number of rotatable bonds is 4. The van der Waals surface area contributed by atoms with Crippen LogP contribution in [0.3, 0.4) is 0 Å². The SMILES string of the molecule is C=CCN1CCC(N(C)c2ccc(Br)c(C)n2)C1=O. The Balaban J connectivity index is 2.16. The molecule has 1 atom stereocenters. The minimum absolute atomic E-state index is 0.118. The lowest BCUT2D eigenvalue weighted by atomic mass is 10.2. The summed E-state index contributed by atoms with van der Waals surface area (Å²) in [5.41, 5.74) is 0.928. The number of likely N-dealkylation sites (N-methyl/N-ethyl adjacent to an activating group) is 1. The van der Waals surface area contributed by atoms with E-state index in [1.807, 2.05) is 35.9 Å². The summed E-state index contributed by atoms with van der Waals surface area (Å²) >= 11 is 3.44. The molecule has 0 aliphatic carbocycles. The van der Waals surface area contributed by atoms with Gasteiger partial charge in [-0.1, -0.05) is 6.08 Å². The molecule has 19 heavy (non-hydrogen) atoms. The van der Waals surface area contributed by atoms with Gasteiger partial charge in [-0.3, -0.25) is 4.79 Å². The second-order valence-electron chi connectivity index (χ2n) is 4.72. The number of halogens is 1. The number of hydrogen-bond acceptors (Lipinski definition) is 3. The molecular formula is C14H18BrN3O. The highest BCUT2D eigenvalue weighted by Gasteiger charge is 2.34. The third kappa shape index (κ3) is 2.81. The Morgan fingerprint density at radius 1 is 1.63 bits per heavy atom. The van der Waals surface area contributed by atoms with Crippen LogP contribution in [0, 0.1) is 6.92 Å². The van der Waals surface area contributed by atoms with E-state index in [2.05, 4.69) is 27.5 Å². The lowest BCUT2D eigenvalue weighted by Crippen LogP contribution is -2.40. The second kappa shape index (κ2) is 5.74. The van der Waals surface area contributed by atoms with Gasteiger partial charge in [-0.25, -0.2) is 4.98 Å². The van der Waals surface area contributed by atoms with Crippen molar-refractivity contribution in [3.05, 3.63) is 35.0 Å². The Labute approximate surface area is 122 Å². The third-order valence-electron chi connectivity index (χ3n) is 3.45. The third-order valence-corrected chi connectivity index (χ3v) is 4.29. The fourth-order valence-corrected chi connectivity index (χ4v) is 2.53. The van der Waals surface area contributed by atoms with Gasteiger partial charge in [0.2, 0.25) is 5.91 Å². The van der Waals surface area contributed by atoms with Crippen LogP contribution in [0.4, 0.5) is 5.82 Å². The molecule has 0 radical (unpaired) electrons. The largest absolute Gasteiger partial charge is 0.348 e. The van der Waals surface area contributed by atoms with Gasteiger partial charge in [0, 0.05) is 24.6 Å². The van der Waals surface area contributed by atoms with Crippen LogP contribution in [0.1, 0.15) is 12.1 Å². The molecule has 0 aromatic carbocycles. The Kier molecular flexibility index (Phi) is 4.24. The van der Waals surface area contributed by atoms with Crippen LogP contribution in [-0.2, 0) is 4.79 Å². The monoisotopic (exact) mass is 323 g/mol. The molecule has 1 amide bonds. The van der Waals surface area contributed by atoms with E-state index < -0.39 is 0 Å². The lowest BCUT2D eigenvalue weighted by molar-refractivity contribution is -0.128. The number of nitrogens with zero attached hydrogens (tertiary/aromatic N) is 3. The van der Waals surface area contributed by atoms with Crippen molar-refractivity contribution in [3.8, 4) is 0 Å². The average molecular weight is 324 g/mol. The topological polar surface area (TPSA) is 36.4 Å². The van der Waals surface area contributed by atoms with E-state index >= 15 is 0 Å². The first-order chi connectivity index (χ1) is 9.04. The number of amides is 1. The van der Waals surface area contributed by atoms with E-state index in [9.17, 15) is 4.79 Å². The molecule has 1 saturated heterocycles. The molecular weight excluding hydrogens is 306 g/mol. The van der Waals surface area contributed by atoms with Crippen LogP contribution in [0.15, 0.2) is 29.3 Å². The Morgan fingerprint density at radius 2 is 2.37 bits per heavy atom. The van der Waals surface area contributed by atoms with Gasteiger partial charge in [0.15, 0.2) is 0 Å². The maximum Gasteiger partial charge on any atom is 0.245 e. The number of pyridine rings is 1. The summed E-state index contributed by atoms with van der Waals surface area (Å²) < 4.78 is 0.982. The molecule has 4 nitrogen and oxygen atoms in total. The van der Waals surface area contributed by atoms with Gasteiger partial charge in [0.25, 0.3) is 0 Å². The van der Waals surface area contributed by atoms with Gasteiger partial charge in [-0.2, -0.15) is 0 Å². The van der Waals surface area contributed by atoms with Gasteiger partial charge in [-0.15, -0.1) is 6.58 Å². The number of likely N-dealkylation sites (tertiary alicyclic amines) is 1. The summed E-state index contributed by atoms with van der Waals surface area (Å²) in [5, 5.41) is 0. The van der Waals surface area contributed by atoms with Gasteiger partial charge < -0.3 is 9.80 Å². The molecule has 0 spiro atoms. The summed E-state index contributed by atoms with van der Waals surface area (Å²) in [7, 11) is 1.93. The molecule has 0 bridgehead atoms. The van der Waals surface area contributed by atoms with Crippen molar-refractivity contribution in [2.75, 3.05) is 25.0 Å². The van der Waals surface area contributed by atoms with Crippen molar-refractivity contribution < 1.29 is 4.79 Å². The van der Waals surface area contributed by atoms with Crippen molar-refractivity contribution in [1.29, 1.82) is 0 Å².